The molecule has 0 fully saturated rings. The average molecular weight is 483 g/mol. The molecule has 2 N–H and O–H groups in total. The predicted molar refractivity (Wildman–Crippen MR) is 128 cm³/mol. The molecule has 1 unspecified atom stereocenters. The molecule has 1 aromatic carbocycles. The second-order valence-electron chi connectivity index (χ2n) is 8.71. The summed E-state index contributed by atoms with van der Waals surface area (Å²) in [6, 6.07) is 6.51. The molecule has 1 aliphatic carbocycles. The summed E-state index contributed by atoms with van der Waals surface area (Å²) in [5.74, 6) is -0.641. The van der Waals surface area contributed by atoms with Crippen molar-refractivity contribution in [1.82, 2.24) is 14.8 Å². The van der Waals surface area contributed by atoms with E-state index < -0.39 is 21.7 Å². The maximum Gasteiger partial charge on any atom is 0.326 e. The van der Waals surface area contributed by atoms with Crippen LogP contribution in [0.1, 0.15) is 17.5 Å². The highest BCUT2D eigenvalue weighted by molar-refractivity contribution is 7.91. The minimum absolute atomic E-state index is 0.239. The monoisotopic (exact) mass is 482 g/mol. The number of hydrogen-bond donors (Lipinski definition) is 2. The molecule has 10 heteroatoms. The van der Waals surface area contributed by atoms with Crippen molar-refractivity contribution in [2.24, 2.45) is 7.05 Å². The number of rotatable bonds is 3. The third-order valence-electron chi connectivity index (χ3n) is 6.19. The molecule has 3 aliphatic rings. The van der Waals surface area contributed by atoms with Gasteiger partial charge in [-0.3, -0.25) is 9.69 Å². The molecular formula is C24H23FN4O4S. The average Bonchev–Trinajstić information content (AvgIpc) is 3.08. The molecule has 0 saturated carbocycles. The standard InChI is InChI=1S/C24H23FN4O4S/c1-28-10-8-18-15(13-34(2,32)33)11-14-12-29(24(31)27-17-5-3-16(25)4-6-17)19-7-9-26-22(20(14)19)21(18)23(28)30/h3-6,8,10-12,19,26H,7,9,13H2,1-2H3,(H,27,31). The van der Waals surface area contributed by atoms with Crippen LogP contribution in [0.5, 0.6) is 0 Å². The quantitative estimate of drug-likeness (QED) is 0.700. The number of carbonyl (C=O) groups is 1. The van der Waals surface area contributed by atoms with Gasteiger partial charge >= 0.3 is 6.03 Å². The van der Waals surface area contributed by atoms with Crippen LogP contribution in [0, 0.1) is 5.82 Å². The van der Waals surface area contributed by atoms with Gasteiger partial charge in [0.15, 0.2) is 9.84 Å². The zero-order valence-corrected chi connectivity index (χ0v) is 19.4. The van der Waals surface area contributed by atoms with Crippen molar-refractivity contribution in [3.05, 3.63) is 87.2 Å². The summed E-state index contributed by atoms with van der Waals surface area (Å²) in [6.07, 6.45) is 6.82. The fourth-order valence-electron chi connectivity index (χ4n) is 4.73. The van der Waals surface area contributed by atoms with Crippen LogP contribution in [0.3, 0.4) is 0 Å². The first-order valence-electron chi connectivity index (χ1n) is 10.8. The van der Waals surface area contributed by atoms with E-state index in [-0.39, 0.29) is 17.4 Å². The Morgan fingerprint density at radius 3 is 2.68 bits per heavy atom. The lowest BCUT2D eigenvalue weighted by Crippen LogP contribution is -2.42. The molecule has 0 spiro atoms. The zero-order chi connectivity index (χ0) is 24.2. The number of aromatic nitrogens is 1. The minimum Gasteiger partial charge on any atom is -0.384 e. The van der Waals surface area contributed by atoms with E-state index in [1.165, 1.54) is 28.8 Å². The van der Waals surface area contributed by atoms with E-state index in [9.17, 15) is 22.4 Å². The Labute approximate surface area is 196 Å². The second-order valence-corrected chi connectivity index (χ2v) is 10.8. The van der Waals surface area contributed by atoms with E-state index in [4.69, 9.17) is 0 Å². The molecule has 0 saturated heterocycles. The van der Waals surface area contributed by atoms with Gasteiger partial charge in [0.25, 0.3) is 5.56 Å². The largest absolute Gasteiger partial charge is 0.384 e. The summed E-state index contributed by atoms with van der Waals surface area (Å²) in [5, 5.41) is 6.11. The number of hydrogen-bond acceptors (Lipinski definition) is 5. The number of nitrogens with zero attached hydrogens (tertiary/aromatic N) is 2. The number of carbonyl (C=O) groups excluding carboxylic acids is 1. The molecule has 176 valence electrons. The first-order chi connectivity index (χ1) is 16.1. The number of fused-ring (bicyclic) bond motifs is 2. The number of sulfone groups is 1. The summed E-state index contributed by atoms with van der Waals surface area (Å²) < 4.78 is 39.1. The van der Waals surface area contributed by atoms with Crippen molar-refractivity contribution in [3.8, 4) is 0 Å². The molecule has 0 radical (unpaired) electrons. The van der Waals surface area contributed by atoms with Crippen molar-refractivity contribution in [2.45, 2.75) is 12.5 Å². The Bertz CT molecular complexity index is 1470. The SMILES string of the molecule is Cn1ccc2c(c1=O)C1=C3C(=CN(C(=O)Nc4ccc(F)cc4)C3CCN1)C=C2CS(C)(=O)=O. The van der Waals surface area contributed by atoms with Gasteiger partial charge in [-0.1, -0.05) is 0 Å². The van der Waals surface area contributed by atoms with Crippen molar-refractivity contribution in [1.29, 1.82) is 0 Å². The van der Waals surface area contributed by atoms with E-state index in [0.29, 0.717) is 46.6 Å². The molecule has 2 amide bonds. The van der Waals surface area contributed by atoms with E-state index in [0.717, 1.165) is 11.8 Å². The normalized spacial score (nSPS) is 18.9. The fraction of sp³-hybridized carbons (Fsp3) is 0.250. The summed E-state index contributed by atoms with van der Waals surface area (Å²) in [4.78, 5) is 27.9. The van der Waals surface area contributed by atoms with Gasteiger partial charge in [0.2, 0.25) is 0 Å². The summed E-state index contributed by atoms with van der Waals surface area (Å²) >= 11 is 0. The Morgan fingerprint density at radius 2 is 1.97 bits per heavy atom. The van der Waals surface area contributed by atoms with Crippen molar-refractivity contribution in [2.75, 3.05) is 23.9 Å². The van der Waals surface area contributed by atoms with Crippen molar-refractivity contribution >= 4 is 32.8 Å². The molecule has 0 bridgehead atoms. The molecule has 1 aromatic heterocycles. The summed E-state index contributed by atoms with van der Waals surface area (Å²) in [5.41, 5.74) is 3.76. The van der Waals surface area contributed by atoms with Crippen LogP contribution in [-0.4, -0.2) is 48.5 Å². The maximum absolute atomic E-state index is 13.2. The van der Waals surface area contributed by atoms with Gasteiger partial charge in [-0.25, -0.2) is 17.6 Å². The zero-order valence-electron chi connectivity index (χ0n) is 18.6. The van der Waals surface area contributed by atoms with Crippen LogP contribution >= 0.6 is 0 Å². The highest BCUT2D eigenvalue weighted by Crippen LogP contribution is 2.42. The number of amides is 2. The molecule has 5 rings (SSSR count). The van der Waals surface area contributed by atoms with Crippen LogP contribution in [0.4, 0.5) is 14.9 Å². The van der Waals surface area contributed by atoms with Gasteiger partial charge in [-0.2, -0.15) is 0 Å². The van der Waals surface area contributed by atoms with Crippen molar-refractivity contribution in [3.63, 3.8) is 0 Å². The number of urea groups is 1. The molecule has 34 heavy (non-hydrogen) atoms. The summed E-state index contributed by atoms with van der Waals surface area (Å²) in [6.45, 7) is 0.532. The minimum atomic E-state index is -3.40. The van der Waals surface area contributed by atoms with E-state index in [1.54, 1.807) is 36.5 Å². The van der Waals surface area contributed by atoms with E-state index >= 15 is 0 Å². The lowest BCUT2D eigenvalue weighted by Gasteiger charge is -2.31. The highest BCUT2D eigenvalue weighted by Gasteiger charge is 2.40. The number of allylic oxidation sites excluding steroid dienone is 1. The van der Waals surface area contributed by atoms with E-state index in [2.05, 4.69) is 10.6 Å². The summed E-state index contributed by atoms with van der Waals surface area (Å²) in [7, 11) is -1.75. The Kier molecular flexibility index (Phi) is 5.20. The molecular weight excluding hydrogens is 459 g/mol. The number of anilines is 1. The fourth-order valence-corrected chi connectivity index (χ4v) is 5.53. The predicted octanol–water partition coefficient (Wildman–Crippen LogP) is 2.47. The topological polar surface area (TPSA) is 101 Å². The molecule has 8 nitrogen and oxygen atoms in total. The van der Waals surface area contributed by atoms with Crippen LogP contribution < -0.4 is 16.2 Å². The third-order valence-corrected chi connectivity index (χ3v) is 7.02. The number of pyridine rings is 1. The van der Waals surface area contributed by atoms with Crippen LogP contribution in [0.25, 0.3) is 11.3 Å². The maximum atomic E-state index is 13.2. The van der Waals surface area contributed by atoms with Gasteiger partial charge in [0.05, 0.1) is 23.1 Å². The van der Waals surface area contributed by atoms with Gasteiger partial charge in [-0.05, 0) is 59.5 Å². The smallest absolute Gasteiger partial charge is 0.326 e. The molecule has 3 heterocycles. The Hall–Kier alpha value is -3.66. The van der Waals surface area contributed by atoms with Gasteiger partial charge < -0.3 is 15.2 Å². The van der Waals surface area contributed by atoms with Gasteiger partial charge in [0, 0.05) is 43.5 Å². The van der Waals surface area contributed by atoms with Gasteiger partial charge in [-0.15, -0.1) is 0 Å². The van der Waals surface area contributed by atoms with Crippen LogP contribution in [0.15, 0.2) is 64.7 Å². The molecule has 2 aromatic rings. The number of benzene rings is 1. The van der Waals surface area contributed by atoms with Crippen LogP contribution in [0.2, 0.25) is 0 Å². The lowest BCUT2D eigenvalue weighted by atomic mass is 9.92. The first-order valence-corrected chi connectivity index (χ1v) is 12.8. The highest BCUT2D eigenvalue weighted by atomic mass is 32.2. The number of halogens is 1. The Balaban J connectivity index is 1.64. The van der Waals surface area contributed by atoms with E-state index in [1.807, 2.05) is 0 Å². The molecule has 2 aliphatic heterocycles. The first kappa shape index (κ1) is 22.1. The van der Waals surface area contributed by atoms with Gasteiger partial charge in [0.1, 0.15) is 5.82 Å². The van der Waals surface area contributed by atoms with Crippen LogP contribution in [-0.2, 0) is 16.9 Å². The second kappa shape index (κ2) is 7.98. The third kappa shape index (κ3) is 3.83. The van der Waals surface area contributed by atoms with Crippen molar-refractivity contribution < 1.29 is 17.6 Å². The number of nitrogens with one attached hydrogen (secondary N) is 2. The lowest BCUT2D eigenvalue weighted by molar-refractivity contribution is 0.220. The number of aryl methyl sites for hydroxylation is 1. The molecule has 1 atom stereocenters. The Morgan fingerprint density at radius 1 is 1.24 bits per heavy atom.